The second-order valence-corrected chi connectivity index (χ2v) is 7.09. The number of carbonyl (C=O) groups is 2. The Bertz CT molecular complexity index is 768. The predicted molar refractivity (Wildman–Crippen MR) is 109 cm³/mol. The van der Waals surface area contributed by atoms with Gasteiger partial charge in [0.25, 0.3) is 0 Å². The van der Waals surface area contributed by atoms with Gasteiger partial charge in [-0.1, -0.05) is 19.1 Å². The molecule has 0 atom stereocenters. The average molecular weight is 389 g/mol. The van der Waals surface area contributed by atoms with Gasteiger partial charge in [-0.05, 0) is 42.9 Å². The molecule has 0 heterocycles. The third kappa shape index (κ3) is 7.40. The van der Waals surface area contributed by atoms with Crippen LogP contribution in [0.4, 0.5) is 15.8 Å². The summed E-state index contributed by atoms with van der Waals surface area (Å²) in [6, 6.07) is 13.6. The van der Waals surface area contributed by atoms with E-state index in [0.717, 1.165) is 6.54 Å². The molecule has 0 spiro atoms. The molecule has 2 amide bonds. The minimum atomic E-state index is -0.217. The van der Waals surface area contributed by atoms with Crippen molar-refractivity contribution < 1.29 is 14.0 Å². The molecule has 0 bridgehead atoms. The lowest BCUT2D eigenvalue weighted by atomic mass is 10.2. The Balaban J connectivity index is 1.78. The number of thioether (sulfide) groups is 1. The minimum Gasteiger partial charge on any atom is -0.326 e. The van der Waals surface area contributed by atoms with Crippen LogP contribution in [0.5, 0.6) is 0 Å². The van der Waals surface area contributed by atoms with Crippen LogP contribution in [0.3, 0.4) is 0 Å². The predicted octanol–water partition coefficient (Wildman–Crippen LogP) is 3.84. The standard InChI is InChI=1S/C20H24FN3O2S/c1-3-24(12-13-27-19-7-5-4-6-18(19)21)14-20(26)23-17-10-8-16(9-11-17)22-15(2)25/h4-11H,3,12-14H2,1-2H3,(H,22,25)(H,23,26). The molecule has 2 N–H and O–H groups in total. The van der Waals surface area contributed by atoms with Gasteiger partial charge in [0.15, 0.2) is 0 Å². The molecule has 2 aromatic carbocycles. The van der Waals surface area contributed by atoms with Gasteiger partial charge in [0.05, 0.1) is 6.54 Å². The van der Waals surface area contributed by atoms with Crippen LogP contribution in [-0.4, -0.2) is 42.1 Å². The number of likely N-dealkylation sites (N-methyl/N-ethyl adjacent to an activating group) is 1. The first-order valence-corrected chi connectivity index (χ1v) is 9.73. The van der Waals surface area contributed by atoms with Gasteiger partial charge in [-0.25, -0.2) is 4.39 Å². The Labute approximate surface area is 163 Å². The lowest BCUT2D eigenvalue weighted by Gasteiger charge is -2.19. The summed E-state index contributed by atoms with van der Waals surface area (Å²) >= 11 is 1.45. The van der Waals surface area contributed by atoms with Crippen molar-refractivity contribution in [2.45, 2.75) is 18.7 Å². The van der Waals surface area contributed by atoms with Crippen molar-refractivity contribution >= 4 is 35.0 Å². The van der Waals surface area contributed by atoms with Crippen LogP contribution < -0.4 is 10.6 Å². The quantitative estimate of drug-likeness (QED) is 0.640. The molecule has 27 heavy (non-hydrogen) atoms. The fraction of sp³-hybridized carbons (Fsp3) is 0.300. The van der Waals surface area contributed by atoms with Crippen LogP contribution in [0.25, 0.3) is 0 Å². The summed E-state index contributed by atoms with van der Waals surface area (Å²) in [7, 11) is 0. The Hall–Kier alpha value is -2.38. The molecule has 7 heteroatoms. The number of amides is 2. The highest BCUT2D eigenvalue weighted by Crippen LogP contribution is 2.21. The Kier molecular flexibility index (Phi) is 8.29. The van der Waals surface area contributed by atoms with E-state index in [4.69, 9.17) is 0 Å². The monoisotopic (exact) mass is 389 g/mol. The highest BCUT2D eigenvalue weighted by molar-refractivity contribution is 7.99. The van der Waals surface area contributed by atoms with E-state index in [2.05, 4.69) is 10.6 Å². The van der Waals surface area contributed by atoms with Gasteiger partial charge in [-0.2, -0.15) is 0 Å². The fourth-order valence-electron chi connectivity index (χ4n) is 2.44. The van der Waals surface area contributed by atoms with E-state index in [0.29, 0.717) is 28.6 Å². The van der Waals surface area contributed by atoms with E-state index >= 15 is 0 Å². The zero-order valence-corrected chi connectivity index (χ0v) is 16.3. The lowest BCUT2D eigenvalue weighted by molar-refractivity contribution is -0.117. The fourth-order valence-corrected chi connectivity index (χ4v) is 3.39. The normalized spacial score (nSPS) is 10.7. The molecule has 0 aliphatic carbocycles. The Morgan fingerprint density at radius 1 is 1.04 bits per heavy atom. The van der Waals surface area contributed by atoms with Gasteiger partial charge >= 0.3 is 0 Å². The zero-order valence-electron chi connectivity index (χ0n) is 15.5. The summed E-state index contributed by atoms with van der Waals surface area (Å²) in [4.78, 5) is 25.9. The molecule has 0 aliphatic rings. The van der Waals surface area contributed by atoms with Crippen molar-refractivity contribution in [2.75, 3.05) is 36.0 Å². The number of nitrogens with zero attached hydrogens (tertiary/aromatic N) is 1. The number of hydrogen-bond acceptors (Lipinski definition) is 4. The van der Waals surface area contributed by atoms with Gasteiger partial charge in [0.1, 0.15) is 5.82 Å². The molecule has 0 unspecified atom stereocenters. The van der Waals surface area contributed by atoms with Gasteiger partial charge in [0, 0.05) is 35.5 Å². The van der Waals surface area contributed by atoms with E-state index in [1.807, 2.05) is 17.9 Å². The van der Waals surface area contributed by atoms with E-state index in [1.54, 1.807) is 36.4 Å². The largest absolute Gasteiger partial charge is 0.326 e. The summed E-state index contributed by atoms with van der Waals surface area (Å²) in [6.07, 6.45) is 0. The first-order valence-electron chi connectivity index (χ1n) is 8.75. The second kappa shape index (κ2) is 10.7. The van der Waals surface area contributed by atoms with E-state index in [9.17, 15) is 14.0 Å². The second-order valence-electron chi connectivity index (χ2n) is 5.95. The van der Waals surface area contributed by atoms with Crippen LogP contribution in [0.15, 0.2) is 53.4 Å². The molecule has 0 fully saturated rings. The van der Waals surface area contributed by atoms with Crippen LogP contribution in [-0.2, 0) is 9.59 Å². The molecule has 0 aliphatic heterocycles. The number of nitrogens with one attached hydrogen (secondary N) is 2. The lowest BCUT2D eigenvalue weighted by Crippen LogP contribution is -2.34. The first-order chi connectivity index (χ1) is 13.0. The smallest absolute Gasteiger partial charge is 0.238 e. The zero-order chi connectivity index (χ0) is 19.6. The molecule has 0 radical (unpaired) electrons. The molecular formula is C20H24FN3O2S. The molecule has 2 aromatic rings. The number of halogens is 1. The van der Waals surface area contributed by atoms with Gasteiger partial charge in [0.2, 0.25) is 11.8 Å². The molecule has 0 saturated carbocycles. The van der Waals surface area contributed by atoms with Crippen LogP contribution in [0.2, 0.25) is 0 Å². The maximum Gasteiger partial charge on any atom is 0.238 e. The number of anilines is 2. The van der Waals surface area contributed by atoms with Crippen LogP contribution in [0.1, 0.15) is 13.8 Å². The van der Waals surface area contributed by atoms with Crippen molar-refractivity contribution in [3.8, 4) is 0 Å². The first kappa shape index (κ1) is 20.9. The molecular weight excluding hydrogens is 365 g/mol. The highest BCUT2D eigenvalue weighted by Gasteiger charge is 2.10. The van der Waals surface area contributed by atoms with Crippen molar-refractivity contribution in [2.24, 2.45) is 0 Å². The molecule has 144 valence electrons. The van der Waals surface area contributed by atoms with E-state index in [-0.39, 0.29) is 24.2 Å². The molecule has 0 aromatic heterocycles. The average Bonchev–Trinajstić information content (AvgIpc) is 2.63. The minimum absolute atomic E-state index is 0.111. The molecule has 2 rings (SSSR count). The van der Waals surface area contributed by atoms with Crippen LogP contribution in [0, 0.1) is 5.82 Å². The molecule has 5 nitrogen and oxygen atoms in total. The summed E-state index contributed by atoms with van der Waals surface area (Å²) < 4.78 is 13.6. The number of hydrogen-bond donors (Lipinski definition) is 2. The third-order valence-corrected chi connectivity index (χ3v) is 4.83. The SMILES string of the molecule is CCN(CCSc1ccccc1F)CC(=O)Nc1ccc(NC(C)=O)cc1. The Morgan fingerprint density at radius 2 is 1.67 bits per heavy atom. The maximum atomic E-state index is 13.6. The van der Waals surface area contributed by atoms with Crippen molar-refractivity contribution in [1.82, 2.24) is 4.90 Å². The highest BCUT2D eigenvalue weighted by atomic mass is 32.2. The van der Waals surface area contributed by atoms with Crippen molar-refractivity contribution in [3.05, 3.63) is 54.3 Å². The summed E-state index contributed by atoms with van der Waals surface area (Å²) in [5.41, 5.74) is 1.35. The van der Waals surface area contributed by atoms with Crippen molar-refractivity contribution in [3.63, 3.8) is 0 Å². The van der Waals surface area contributed by atoms with Gasteiger partial charge in [-0.15, -0.1) is 11.8 Å². The third-order valence-electron chi connectivity index (χ3n) is 3.81. The summed E-state index contributed by atoms with van der Waals surface area (Å²) in [5, 5.41) is 5.52. The summed E-state index contributed by atoms with van der Waals surface area (Å²) in [5.74, 6) is 0.234. The van der Waals surface area contributed by atoms with Gasteiger partial charge in [-0.3, -0.25) is 14.5 Å². The van der Waals surface area contributed by atoms with Crippen LogP contribution >= 0.6 is 11.8 Å². The molecule has 0 saturated heterocycles. The topological polar surface area (TPSA) is 61.4 Å². The number of benzene rings is 2. The maximum absolute atomic E-state index is 13.6. The Morgan fingerprint density at radius 3 is 2.26 bits per heavy atom. The van der Waals surface area contributed by atoms with Crippen molar-refractivity contribution in [1.29, 1.82) is 0 Å². The van der Waals surface area contributed by atoms with E-state index in [1.165, 1.54) is 24.8 Å². The number of carbonyl (C=O) groups excluding carboxylic acids is 2. The van der Waals surface area contributed by atoms with E-state index < -0.39 is 0 Å². The summed E-state index contributed by atoms with van der Waals surface area (Å²) in [6.45, 7) is 5.11. The number of rotatable bonds is 9. The van der Waals surface area contributed by atoms with Gasteiger partial charge < -0.3 is 10.6 Å².